The van der Waals surface area contributed by atoms with Crippen molar-refractivity contribution in [2.75, 3.05) is 6.61 Å². The summed E-state index contributed by atoms with van der Waals surface area (Å²) in [7, 11) is 0. The van der Waals surface area contributed by atoms with E-state index < -0.39 is 23.3 Å². The van der Waals surface area contributed by atoms with Crippen molar-refractivity contribution in [3.8, 4) is 0 Å². The summed E-state index contributed by atoms with van der Waals surface area (Å²) in [5, 5.41) is 18.7. The third-order valence-electron chi connectivity index (χ3n) is 1.38. The van der Waals surface area contributed by atoms with E-state index >= 15 is 0 Å². The topological polar surface area (TPSA) is 98.3 Å². The largest absolute Gasteiger partial charge is 0.434 e. The van der Waals surface area contributed by atoms with Gasteiger partial charge in [-0.15, -0.1) is 0 Å². The lowest BCUT2D eigenvalue weighted by atomic mass is 10.4. The molecule has 13 heavy (non-hydrogen) atoms. The fraction of sp³-hybridized carbons (Fsp3) is 0.333. The lowest BCUT2D eigenvalue weighted by Gasteiger charge is -1.97. The fourth-order valence-electron chi connectivity index (χ4n) is 0.837. The molecule has 7 nitrogen and oxygen atoms in total. The maximum Gasteiger partial charge on any atom is 0.434 e. The quantitative estimate of drug-likeness (QED) is 0.496. The molecule has 0 spiro atoms. The SMILES string of the molecule is O=C(CO)Cn1ccnc1[N+](=O)[O-]. The Bertz CT molecular complexity index is 332. The highest BCUT2D eigenvalue weighted by Crippen LogP contribution is 2.06. The molecule has 1 rings (SSSR count). The van der Waals surface area contributed by atoms with E-state index in [-0.39, 0.29) is 6.54 Å². The van der Waals surface area contributed by atoms with E-state index in [9.17, 15) is 14.9 Å². The average Bonchev–Trinajstić information content (AvgIpc) is 2.52. The van der Waals surface area contributed by atoms with E-state index in [1.165, 1.54) is 12.4 Å². The minimum absolute atomic E-state index is 0.229. The molecule has 0 bridgehead atoms. The van der Waals surface area contributed by atoms with E-state index in [4.69, 9.17) is 5.11 Å². The number of hydrogen-bond acceptors (Lipinski definition) is 5. The number of nitrogens with zero attached hydrogens (tertiary/aromatic N) is 3. The smallest absolute Gasteiger partial charge is 0.390 e. The number of Topliss-reactive ketones (excluding diaryl/α,β-unsaturated/α-hetero) is 1. The summed E-state index contributed by atoms with van der Waals surface area (Å²) in [5.74, 6) is -0.900. The third kappa shape index (κ3) is 2.09. The summed E-state index contributed by atoms with van der Waals surface area (Å²) >= 11 is 0. The van der Waals surface area contributed by atoms with Gasteiger partial charge in [0.1, 0.15) is 25.5 Å². The lowest BCUT2D eigenvalue weighted by Crippen LogP contribution is -2.14. The number of hydrogen-bond donors (Lipinski definition) is 1. The van der Waals surface area contributed by atoms with Crippen LogP contribution in [-0.4, -0.2) is 32.0 Å². The van der Waals surface area contributed by atoms with Gasteiger partial charge < -0.3 is 15.2 Å². The molecule has 1 N–H and O–H groups in total. The van der Waals surface area contributed by atoms with E-state index in [0.29, 0.717) is 0 Å². The summed E-state index contributed by atoms with van der Waals surface area (Å²) in [5.41, 5.74) is 0. The first-order valence-corrected chi connectivity index (χ1v) is 3.43. The minimum Gasteiger partial charge on any atom is -0.390 e. The highest BCUT2D eigenvalue weighted by atomic mass is 16.6. The maximum atomic E-state index is 10.7. The van der Waals surface area contributed by atoms with Crippen molar-refractivity contribution >= 4 is 11.7 Å². The molecule has 0 fully saturated rings. The van der Waals surface area contributed by atoms with Crippen molar-refractivity contribution in [2.24, 2.45) is 0 Å². The molecule has 1 aromatic rings. The average molecular weight is 185 g/mol. The number of aliphatic hydroxyl groups is 1. The van der Waals surface area contributed by atoms with Gasteiger partial charge in [0.25, 0.3) is 0 Å². The van der Waals surface area contributed by atoms with Gasteiger partial charge >= 0.3 is 5.95 Å². The number of carbonyl (C=O) groups excluding carboxylic acids is 1. The van der Waals surface area contributed by atoms with Crippen LogP contribution in [0.4, 0.5) is 5.95 Å². The number of aliphatic hydroxyl groups excluding tert-OH is 1. The van der Waals surface area contributed by atoms with Crippen LogP contribution in [0.1, 0.15) is 0 Å². The second-order valence-corrected chi connectivity index (χ2v) is 2.31. The molecule has 0 aromatic carbocycles. The Morgan fingerprint density at radius 3 is 3.00 bits per heavy atom. The molecule has 1 aromatic heterocycles. The molecule has 1 heterocycles. The Hall–Kier alpha value is -1.76. The lowest BCUT2D eigenvalue weighted by molar-refractivity contribution is -0.396. The minimum atomic E-state index is -0.690. The maximum absolute atomic E-state index is 10.7. The number of ketones is 1. The van der Waals surface area contributed by atoms with Crippen LogP contribution in [0.25, 0.3) is 0 Å². The first kappa shape index (κ1) is 9.33. The van der Waals surface area contributed by atoms with Crippen molar-refractivity contribution in [2.45, 2.75) is 6.54 Å². The van der Waals surface area contributed by atoms with Crippen LogP contribution in [0, 0.1) is 10.1 Å². The van der Waals surface area contributed by atoms with Crippen LogP contribution in [0.15, 0.2) is 12.4 Å². The summed E-state index contributed by atoms with van der Waals surface area (Å²) < 4.78 is 1.07. The molecule has 0 aliphatic rings. The Morgan fingerprint density at radius 2 is 2.46 bits per heavy atom. The van der Waals surface area contributed by atoms with Gasteiger partial charge in [-0.1, -0.05) is 4.98 Å². The second-order valence-electron chi connectivity index (χ2n) is 2.31. The van der Waals surface area contributed by atoms with E-state index in [2.05, 4.69) is 4.98 Å². The summed E-state index contributed by atoms with van der Waals surface area (Å²) in [6.07, 6.45) is 2.54. The van der Waals surface area contributed by atoms with Crippen LogP contribution in [0.3, 0.4) is 0 Å². The monoisotopic (exact) mass is 185 g/mol. The van der Waals surface area contributed by atoms with Gasteiger partial charge in [-0.05, 0) is 4.92 Å². The molecule has 0 saturated carbocycles. The van der Waals surface area contributed by atoms with Crippen LogP contribution in [-0.2, 0) is 11.3 Å². The molecule has 0 radical (unpaired) electrons. The Kier molecular flexibility index (Phi) is 2.70. The van der Waals surface area contributed by atoms with Gasteiger partial charge in [-0.25, -0.2) is 4.57 Å². The number of aromatic nitrogens is 2. The number of nitro groups is 1. The zero-order valence-electron chi connectivity index (χ0n) is 6.58. The first-order valence-electron chi connectivity index (χ1n) is 3.43. The molecule has 70 valence electrons. The number of rotatable bonds is 4. The first-order chi connectivity index (χ1) is 6.15. The zero-order valence-corrected chi connectivity index (χ0v) is 6.58. The zero-order chi connectivity index (χ0) is 9.84. The normalized spacial score (nSPS) is 9.92. The van der Waals surface area contributed by atoms with Gasteiger partial charge in [-0.3, -0.25) is 4.79 Å². The van der Waals surface area contributed by atoms with Crippen molar-refractivity contribution < 1.29 is 14.8 Å². The van der Waals surface area contributed by atoms with Gasteiger partial charge in [0.15, 0.2) is 5.78 Å². The van der Waals surface area contributed by atoms with Crippen LogP contribution in [0.2, 0.25) is 0 Å². The Labute approximate surface area is 72.8 Å². The van der Waals surface area contributed by atoms with Gasteiger partial charge in [-0.2, -0.15) is 0 Å². The van der Waals surface area contributed by atoms with Crippen molar-refractivity contribution in [1.29, 1.82) is 0 Å². The molecule has 7 heteroatoms. The van der Waals surface area contributed by atoms with Crippen LogP contribution >= 0.6 is 0 Å². The van der Waals surface area contributed by atoms with E-state index in [0.717, 1.165) is 4.57 Å². The van der Waals surface area contributed by atoms with E-state index in [1.54, 1.807) is 0 Å². The molecular formula is C6H7N3O4. The molecule has 0 amide bonds. The van der Waals surface area contributed by atoms with Crippen LogP contribution in [0.5, 0.6) is 0 Å². The molecule has 0 atom stereocenters. The number of imidazole rings is 1. The predicted molar refractivity (Wildman–Crippen MR) is 41.0 cm³/mol. The Morgan fingerprint density at radius 1 is 1.77 bits per heavy atom. The van der Waals surface area contributed by atoms with Gasteiger partial charge in [0, 0.05) is 0 Å². The highest BCUT2D eigenvalue weighted by Gasteiger charge is 2.15. The summed E-state index contributed by atoms with van der Waals surface area (Å²) in [4.78, 5) is 23.8. The highest BCUT2D eigenvalue weighted by molar-refractivity contribution is 5.79. The van der Waals surface area contributed by atoms with E-state index in [1.807, 2.05) is 0 Å². The molecule has 0 saturated heterocycles. The van der Waals surface area contributed by atoms with Crippen LogP contribution < -0.4 is 0 Å². The molecule has 0 aliphatic carbocycles. The Balaban J connectivity index is 2.82. The third-order valence-corrected chi connectivity index (χ3v) is 1.38. The summed E-state index contributed by atoms with van der Waals surface area (Å²) in [6, 6.07) is 0. The van der Waals surface area contributed by atoms with Crippen molar-refractivity contribution in [3.63, 3.8) is 0 Å². The molecule has 0 unspecified atom stereocenters. The predicted octanol–water partition coefficient (Wildman–Crippen LogP) is -0.647. The van der Waals surface area contributed by atoms with Crippen molar-refractivity contribution in [3.05, 3.63) is 22.5 Å². The standard InChI is InChI=1S/C6H7N3O4/c10-4-5(11)3-8-2-1-7-6(8)9(12)13/h1-2,10H,3-4H2. The fourth-order valence-corrected chi connectivity index (χ4v) is 0.837. The molecular weight excluding hydrogens is 178 g/mol. The van der Waals surface area contributed by atoms with Gasteiger partial charge in [0.05, 0.1) is 0 Å². The number of carbonyl (C=O) groups is 1. The molecule has 0 aliphatic heterocycles. The summed E-state index contributed by atoms with van der Waals surface area (Å²) in [6.45, 7) is -0.859. The van der Waals surface area contributed by atoms with Gasteiger partial charge in [0.2, 0.25) is 0 Å². The van der Waals surface area contributed by atoms with Crippen molar-refractivity contribution in [1.82, 2.24) is 9.55 Å². The second kappa shape index (κ2) is 3.76.